The van der Waals surface area contributed by atoms with E-state index in [1.54, 1.807) is 0 Å². The number of nitrogens with one attached hydrogen (secondary N) is 1. The lowest BCUT2D eigenvalue weighted by Crippen LogP contribution is -2.28. The monoisotopic (exact) mass is 399 g/mol. The molecule has 0 radical (unpaired) electrons. The summed E-state index contributed by atoms with van der Waals surface area (Å²) in [7, 11) is 0. The molecule has 1 N–H and O–H groups in total. The highest BCUT2D eigenvalue weighted by Gasteiger charge is 2.29. The number of aromatic nitrogens is 2. The Labute approximate surface area is 170 Å². The smallest absolute Gasteiger partial charge is 0.306 e. The molecule has 5 nitrogen and oxygen atoms in total. The molecule has 1 aromatic carbocycles. The Balaban J connectivity index is 1.23. The molecule has 0 bridgehead atoms. The largest absolute Gasteiger partial charge is 0.461 e. The summed E-state index contributed by atoms with van der Waals surface area (Å²) in [6.45, 7) is 0.356. The third-order valence-electron chi connectivity index (χ3n) is 5.69. The number of halogens is 1. The molecule has 0 saturated heterocycles. The second-order valence-corrected chi connectivity index (χ2v) is 8.27. The lowest BCUT2D eigenvalue weighted by atomic mass is 9.84. The van der Waals surface area contributed by atoms with Crippen molar-refractivity contribution < 1.29 is 9.53 Å². The number of esters is 1. The van der Waals surface area contributed by atoms with Crippen molar-refractivity contribution >= 4 is 23.4 Å². The van der Waals surface area contributed by atoms with Crippen LogP contribution in [-0.2, 0) is 16.1 Å². The van der Waals surface area contributed by atoms with Gasteiger partial charge in [-0.2, -0.15) is 0 Å². The van der Waals surface area contributed by atoms with Crippen molar-refractivity contribution in [2.45, 2.75) is 63.5 Å². The van der Waals surface area contributed by atoms with E-state index >= 15 is 0 Å². The molecule has 6 heteroatoms. The number of carbonyl (C=O) groups excluding carboxylic acids is 1. The summed E-state index contributed by atoms with van der Waals surface area (Å²) >= 11 is 6.00. The minimum Gasteiger partial charge on any atom is -0.461 e. The van der Waals surface area contributed by atoms with Crippen molar-refractivity contribution in [1.29, 1.82) is 0 Å². The first-order valence-electron chi connectivity index (χ1n) is 10.2. The standard InChI is InChI=1S/C22H26ClN3O2/c23-22-24-13-19(17-8-9-17)21(26-22)25-18-10-6-15(7-11-18)12-20(27)28-14-16-4-2-1-3-5-16/h1-5,13,15,17-18H,6-12,14H2,(H,24,25,26). The summed E-state index contributed by atoms with van der Waals surface area (Å²) < 4.78 is 5.43. The normalized spacial score (nSPS) is 21.9. The zero-order valence-electron chi connectivity index (χ0n) is 15.9. The Morgan fingerprint density at radius 2 is 1.86 bits per heavy atom. The molecule has 2 saturated carbocycles. The van der Waals surface area contributed by atoms with Gasteiger partial charge >= 0.3 is 5.97 Å². The number of anilines is 1. The Morgan fingerprint density at radius 3 is 2.57 bits per heavy atom. The van der Waals surface area contributed by atoms with Crippen LogP contribution in [0.15, 0.2) is 36.5 Å². The molecule has 2 aliphatic rings. The van der Waals surface area contributed by atoms with E-state index in [4.69, 9.17) is 16.3 Å². The molecule has 148 valence electrons. The first-order chi connectivity index (χ1) is 13.7. The van der Waals surface area contributed by atoms with Gasteiger partial charge in [0.05, 0.1) is 0 Å². The summed E-state index contributed by atoms with van der Waals surface area (Å²) in [5.41, 5.74) is 2.22. The van der Waals surface area contributed by atoms with E-state index in [-0.39, 0.29) is 5.97 Å². The van der Waals surface area contributed by atoms with Crippen LogP contribution >= 0.6 is 11.6 Å². The third kappa shape index (κ3) is 5.22. The molecule has 2 fully saturated rings. The van der Waals surface area contributed by atoms with E-state index in [1.165, 1.54) is 18.4 Å². The Morgan fingerprint density at radius 1 is 1.11 bits per heavy atom. The predicted octanol–water partition coefficient (Wildman–Crippen LogP) is 5.11. The van der Waals surface area contributed by atoms with E-state index in [2.05, 4.69) is 15.3 Å². The van der Waals surface area contributed by atoms with E-state index in [0.717, 1.165) is 37.1 Å². The lowest BCUT2D eigenvalue weighted by molar-refractivity contribution is -0.146. The van der Waals surface area contributed by atoms with Crippen molar-refractivity contribution in [3.63, 3.8) is 0 Å². The van der Waals surface area contributed by atoms with E-state index in [9.17, 15) is 4.79 Å². The van der Waals surface area contributed by atoms with E-state index < -0.39 is 0 Å². The number of ether oxygens (including phenoxy) is 1. The summed E-state index contributed by atoms with van der Waals surface area (Å²) in [6, 6.07) is 10.2. The van der Waals surface area contributed by atoms with Gasteiger partial charge in [-0.05, 0) is 67.5 Å². The number of hydrogen-bond donors (Lipinski definition) is 1. The Kier molecular flexibility index (Phi) is 6.10. The number of rotatable bonds is 7. The highest BCUT2D eigenvalue weighted by molar-refractivity contribution is 6.28. The van der Waals surface area contributed by atoms with Crippen LogP contribution in [0.4, 0.5) is 5.82 Å². The Hall–Kier alpha value is -2.14. The molecule has 0 amide bonds. The second-order valence-electron chi connectivity index (χ2n) is 7.93. The first-order valence-corrected chi connectivity index (χ1v) is 10.5. The van der Waals surface area contributed by atoms with Crippen molar-refractivity contribution in [3.8, 4) is 0 Å². The average molecular weight is 400 g/mol. The zero-order valence-corrected chi connectivity index (χ0v) is 16.7. The van der Waals surface area contributed by atoms with Gasteiger partial charge in [0.15, 0.2) is 0 Å². The number of carbonyl (C=O) groups is 1. The Bertz CT molecular complexity index is 803. The van der Waals surface area contributed by atoms with Crippen LogP contribution in [0.3, 0.4) is 0 Å². The van der Waals surface area contributed by atoms with Gasteiger partial charge in [0.25, 0.3) is 0 Å². The molecule has 2 aromatic rings. The molecule has 1 heterocycles. The summed E-state index contributed by atoms with van der Waals surface area (Å²) in [4.78, 5) is 20.7. The van der Waals surface area contributed by atoms with Gasteiger partial charge in [-0.25, -0.2) is 9.97 Å². The van der Waals surface area contributed by atoms with Gasteiger partial charge in [-0.15, -0.1) is 0 Å². The van der Waals surface area contributed by atoms with Gasteiger partial charge in [-0.3, -0.25) is 4.79 Å². The molecule has 28 heavy (non-hydrogen) atoms. The fraction of sp³-hybridized carbons (Fsp3) is 0.500. The molecule has 0 atom stereocenters. The molecule has 0 spiro atoms. The number of benzene rings is 1. The van der Waals surface area contributed by atoms with Crippen LogP contribution in [0.2, 0.25) is 5.28 Å². The van der Waals surface area contributed by atoms with Crippen LogP contribution in [-0.4, -0.2) is 22.0 Å². The topological polar surface area (TPSA) is 64.1 Å². The van der Waals surface area contributed by atoms with Gasteiger partial charge in [-0.1, -0.05) is 30.3 Å². The lowest BCUT2D eigenvalue weighted by Gasteiger charge is -2.29. The molecular formula is C22H26ClN3O2. The van der Waals surface area contributed by atoms with E-state index in [0.29, 0.717) is 36.2 Å². The maximum Gasteiger partial charge on any atom is 0.306 e. The number of nitrogens with zero attached hydrogens (tertiary/aromatic N) is 2. The summed E-state index contributed by atoms with van der Waals surface area (Å²) in [5, 5.41) is 3.87. The molecule has 0 aliphatic heterocycles. The zero-order chi connectivity index (χ0) is 19.3. The maximum atomic E-state index is 12.2. The molecule has 2 aliphatic carbocycles. The SMILES string of the molecule is O=C(CC1CCC(Nc2nc(Cl)ncc2C2CC2)CC1)OCc1ccccc1. The third-order valence-corrected chi connectivity index (χ3v) is 5.87. The van der Waals surface area contributed by atoms with Crippen LogP contribution < -0.4 is 5.32 Å². The van der Waals surface area contributed by atoms with Gasteiger partial charge < -0.3 is 10.1 Å². The number of hydrogen-bond acceptors (Lipinski definition) is 5. The summed E-state index contributed by atoms with van der Waals surface area (Å²) in [5.74, 6) is 1.78. The molecule has 0 unspecified atom stereocenters. The van der Waals surface area contributed by atoms with Crippen molar-refractivity contribution in [3.05, 3.63) is 52.9 Å². The molecule has 1 aromatic heterocycles. The highest BCUT2D eigenvalue weighted by atomic mass is 35.5. The van der Waals surface area contributed by atoms with Gasteiger partial charge in [0.1, 0.15) is 12.4 Å². The predicted molar refractivity (Wildman–Crippen MR) is 109 cm³/mol. The van der Waals surface area contributed by atoms with Crippen molar-refractivity contribution in [2.75, 3.05) is 5.32 Å². The van der Waals surface area contributed by atoms with Gasteiger partial charge in [0.2, 0.25) is 5.28 Å². The fourth-order valence-electron chi connectivity index (χ4n) is 3.92. The van der Waals surface area contributed by atoms with Crippen LogP contribution in [0.25, 0.3) is 0 Å². The van der Waals surface area contributed by atoms with Crippen LogP contribution in [0, 0.1) is 5.92 Å². The average Bonchev–Trinajstić information content (AvgIpc) is 3.54. The minimum absolute atomic E-state index is 0.0983. The minimum atomic E-state index is -0.0983. The quantitative estimate of drug-likeness (QED) is 0.517. The fourth-order valence-corrected chi connectivity index (χ4v) is 4.05. The van der Waals surface area contributed by atoms with Gasteiger partial charge in [0, 0.05) is 24.2 Å². The second kappa shape index (κ2) is 8.91. The first kappa shape index (κ1) is 19.2. The summed E-state index contributed by atoms with van der Waals surface area (Å²) in [6.07, 6.45) is 8.89. The van der Waals surface area contributed by atoms with E-state index in [1.807, 2.05) is 36.5 Å². The highest BCUT2D eigenvalue weighted by Crippen LogP contribution is 2.43. The van der Waals surface area contributed by atoms with Crippen LogP contribution in [0.5, 0.6) is 0 Å². The molecular weight excluding hydrogens is 374 g/mol. The van der Waals surface area contributed by atoms with Crippen LogP contribution in [0.1, 0.15) is 62.0 Å². The molecule has 4 rings (SSSR count). The maximum absolute atomic E-state index is 12.2. The van der Waals surface area contributed by atoms with Crippen molar-refractivity contribution in [2.24, 2.45) is 5.92 Å². The van der Waals surface area contributed by atoms with Crippen molar-refractivity contribution in [1.82, 2.24) is 9.97 Å².